The van der Waals surface area contributed by atoms with Crippen molar-refractivity contribution < 1.29 is 49.0 Å². The Morgan fingerprint density at radius 2 is 1.24 bits per heavy atom. The van der Waals surface area contributed by atoms with E-state index in [1.807, 2.05) is 0 Å². The van der Waals surface area contributed by atoms with Gasteiger partial charge in [0.15, 0.2) is 0 Å². The minimum atomic E-state index is 0. The number of fused-ring (bicyclic) bond motifs is 3. The van der Waals surface area contributed by atoms with Crippen LogP contribution in [-0.2, 0) is 35.1 Å². The fourth-order valence-electron chi connectivity index (χ4n) is 4.80. The Hall–Kier alpha value is -1.66. The minimum Gasteiger partial charge on any atom is -1.00 e. The molecule has 0 saturated carbocycles. The summed E-state index contributed by atoms with van der Waals surface area (Å²) in [6, 6.07) is 26.8. The Kier molecular flexibility index (Phi) is 14.3. The van der Waals surface area contributed by atoms with Crippen molar-refractivity contribution in [1.82, 2.24) is 0 Å². The van der Waals surface area contributed by atoms with E-state index in [9.17, 15) is 0 Å². The number of benzene rings is 3. The van der Waals surface area contributed by atoms with E-state index in [1.54, 1.807) is 3.21 Å². The molecule has 0 N–H and O–H groups in total. The summed E-state index contributed by atoms with van der Waals surface area (Å²) >= 11 is 1.54. The van der Waals surface area contributed by atoms with Crippen LogP contribution in [0.4, 0.5) is 0 Å². The van der Waals surface area contributed by atoms with E-state index in [2.05, 4.69) is 154 Å². The molecule has 4 aromatic rings. The molecule has 0 amide bonds. The van der Waals surface area contributed by atoms with Crippen molar-refractivity contribution in [3.63, 3.8) is 0 Å². The second kappa shape index (κ2) is 15.7. The van der Waals surface area contributed by atoms with Crippen LogP contribution in [0, 0.1) is 12.0 Å². The summed E-state index contributed by atoms with van der Waals surface area (Å²) in [4.78, 5) is 0. The predicted molar refractivity (Wildman–Crippen MR) is 171 cm³/mol. The molecule has 1 aliphatic carbocycles. The first-order valence-electron chi connectivity index (χ1n) is 14.3. The van der Waals surface area contributed by atoms with Crippen LogP contribution in [0.3, 0.4) is 0 Å². The first kappa shape index (κ1) is 37.4. The van der Waals surface area contributed by atoms with E-state index >= 15 is 0 Å². The molecule has 41 heavy (non-hydrogen) atoms. The van der Waals surface area contributed by atoms with Crippen molar-refractivity contribution in [3.8, 4) is 0 Å². The molecular formula is C38H46Cl2Zr-2. The number of hydrogen-bond acceptors (Lipinski definition) is 0. The van der Waals surface area contributed by atoms with Gasteiger partial charge >= 0.3 is 76.7 Å². The fourth-order valence-corrected chi connectivity index (χ4v) is 5.21. The molecule has 0 aliphatic heterocycles. The Morgan fingerprint density at radius 3 is 1.56 bits per heavy atom. The molecular weight excluding hydrogens is 619 g/mol. The van der Waals surface area contributed by atoms with Gasteiger partial charge in [-0.1, -0.05) is 96.7 Å². The summed E-state index contributed by atoms with van der Waals surface area (Å²) in [5.74, 6) is 0.551. The molecule has 1 unspecified atom stereocenters. The summed E-state index contributed by atoms with van der Waals surface area (Å²) in [5, 5.41) is 5.48. The summed E-state index contributed by atoms with van der Waals surface area (Å²) in [5.41, 5.74) is 7.32. The van der Waals surface area contributed by atoms with E-state index in [4.69, 9.17) is 0 Å². The molecule has 0 fully saturated rings. The minimum absolute atomic E-state index is 0. The van der Waals surface area contributed by atoms with Gasteiger partial charge in [-0.05, 0) is 10.8 Å². The molecule has 0 radical (unpaired) electrons. The van der Waals surface area contributed by atoms with Gasteiger partial charge < -0.3 is 24.8 Å². The molecule has 4 aromatic carbocycles. The average molecular weight is 665 g/mol. The van der Waals surface area contributed by atoms with Crippen LogP contribution in [0.15, 0.2) is 90.0 Å². The molecule has 0 bridgehead atoms. The van der Waals surface area contributed by atoms with Crippen LogP contribution >= 0.6 is 0 Å². The topological polar surface area (TPSA) is 0 Å². The number of halogens is 2. The van der Waals surface area contributed by atoms with Crippen LogP contribution in [0.1, 0.15) is 92.3 Å². The summed E-state index contributed by atoms with van der Waals surface area (Å²) in [6.07, 6.45) is 6.70. The largest absolute Gasteiger partial charge is 1.00 e. The third-order valence-electron chi connectivity index (χ3n) is 7.45. The fraction of sp³-hybridized carbons (Fsp3) is 0.368. The van der Waals surface area contributed by atoms with Gasteiger partial charge in [0.2, 0.25) is 0 Å². The smallest absolute Gasteiger partial charge is 1.00 e. The van der Waals surface area contributed by atoms with Gasteiger partial charge in [0.25, 0.3) is 0 Å². The molecule has 218 valence electrons. The molecule has 1 aliphatic rings. The molecule has 5 rings (SSSR count). The second-order valence-corrected chi connectivity index (χ2v) is 14.3. The van der Waals surface area contributed by atoms with Gasteiger partial charge in [-0.3, -0.25) is 6.08 Å². The van der Waals surface area contributed by atoms with Crippen molar-refractivity contribution >= 4 is 24.8 Å². The predicted octanol–water partition coefficient (Wildman–Crippen LogP) is 4.81. The first-order chi connectivity index (χ1) is 18.2. The van der Waals surface area contributed by atoms with Crippen molar-refractivity contribution in [2.45, 2.75) is 86.5 Å². The molecule has 0 spiro atoms. The average Bonchev–Trinajstić information content (AvgIpc) is 3.40. The third-order valence-corrected chi connectivity index (χ3v) is 9.03. The van der Waals surface area contributed by atoms with E-state index in [0.717, 1.165) is 0 Å². The number of allylic oxidation sites excluding steroid dienone is 4. The number of rotatable bonds is 2. The van der Waals surface area contributed by atoms with Gasteiger partial charge in [-0.2, -0.15) is 6.08 Å². The zero-order chi connectivity index (χ0) is 29.0. The normalized spacial score (nSPS) is 14.5. The monoisotopic (exact) mass is 662 g/mol. The third kappa shape index (κ3) is 10.2. The van der Waals surface area contributed by atoms with Gasteiger partial charge in [0.1, 0.15) is 0 Å². The van der Waals surface area contributed by atoms with E-state index in [-0.39, 0.29) is 35.6 Å². The summed E-state index contributed by atoms with van der Waals surface area (Å²) in [7, 11) is 0. The molecule has 0 nitrogen and oxygen atoms in total. The van der Waals surface area contributed by atoms with Crippen LogP contribution in [0.25, 0.3) is 21.5 Å². The maximum Gasteiger partial charge on any atom is -1.00 e. The molecule has 3 heteroatoms. The van der Waals surface area contributed by atoms with Gasteiger partial charge in [-0.25, -0.2) is 11.1 Å². The van der Waals surface area contributed by atoms with Crippen LogP contribution in [-0.4, -0.2) is 3.21 Å². The van der Waals surface area contributed by atoms with Crippen LogP contribution in [0.5, 0.6) is 0 Å². The van der Waals surface area contributed by atoms with Crippen LogP contribution in [0.2, 0.25) is 0 Å². The SMILES string of the molecule is CC(C)(C)c1ccc2c(c1)[cH-]c1cc(C(C)(C)C)ccc12.CC1=[C-]C(C)C=C1C.CC[C](=[Zr+2])c1ccccc1.[Cl-].[Cl-]. The summed E-state index contributed by atoms with van der Waals surface area (Å²) in [6.45, 7) is 22.2. The van der Waals surface area contributed by atoms with E-state index in [0.29, 0.717) is 5.92 Å². The molecule has 1 atom stereocenters. The van der Waals surface area contributed by atoms with Crippen LogP contribution < -0.4 is 24.8 Å². The van der Waals surface area contributed by atoms with Gasteiger partial charge in [0.05, 0.1) is 0 Å². The second-order valence-electron chi connectivity index (χ2n) is 12.9. The molecule has 0 saturated heterocycles. The van der Waals surface area contributed by atoms with Crippen molar-refractivity contribution in [2.75, 3.05) is 0 Å². The van der Waals surface area contributed by atoms with Crippen molar-refractivity contribution in [1.29, 1.82) is 0 Å². The Balaban J connectivity index is 0.000000352. The van der Waals surface area contributed by atoms with Crippen molar-refractivity contribution in [3.05, 3.63) is 113 Å². The van der Waals surface area contributed by atoms with E-state index in [1.165, 1.54) is 80.0 Å². The first-order valence-corrected chi connectivity index (χ1v) is 15.5. The van der Waals surface area contributed by atoms with Gasteiger partial charge in [-0.15, -0.1) is 46.7 Å². The molecule has 0 aromatic heterocycles. The molecule has 0 heterocycles. The Bertz CT molecular complexity index is 1400. The maximum absolute atomic E-state index is 3.29. The quantitative estimate of drug-likeness (QED) is 0.270. The zero-order valence-corrected chi connectivity index (χ0v) is 30.5. The Labute approximate surface area is 277 Å². The standard InChI is InChI=1S/C21H25.C9H10.C8H11.2ClH.Zr/c1-20(2,3)16-7-9-18-14(12-16)11-15-13-17(21(4,5)6)8-10-19(15)18;1-2-6-9-7-4-3-5-8-9;1-6-4-7(2)8(3)5-6;;;/h7-13H,1-6H3;3-5,7-8H,2H2,1H3;4,6H,1-3H3;2*1H;/q-1;;-1;;;+2/p-2. The van der Waals surface area contributed by atoms with E-state index < -0.39 is 0 Å². The maximum atomic E-state index is 3.29. The Morgan fingerprint density at radius 1 is 0.780 bits per heavy atom. The summed E-state index contributed by atoms with van der Waals surface area (Å²) < 4.78 is 1.55. The van der Waals surface area contributed by atoms with Gasteiger partial charge in [0, 0.05) is 0 Å². The zero-order valence-electron chi connectivity index (χ0n) is 26.5. The number of hydrogen-bond donors (Lipinski definition) is 0. The van der Waals surface area contributed by atoms with Crippen molar-refractivity contribution in [2.24, 2.45) is 5.92 Å².